The normalized spacial score (nSPS) is 11.7. The highest BCUT2D eigenvalue weighted by Crippen LogP contribution is 2.28. The molecule has 0 saturated heterocycles. The predicted octanol–water partition coefficient (Wildman–Crippen LogP) is 5.58. The molecule has 4 rings (SSSR count). The molecule has 4 aromatic rings. The van der Waals surface area contributed by atoms with E-state index >= 15 is 0 Å². The maximum Gasteiger partial charge on any atom is 0.247 e. The second kappa shape index (κ2) is 11.0. The Kier molecular flexibility index (Phi) is 7.65. The lowest BCUT2D eigenvalue weighted by atomic mass is 10.0. The molecule has 0 aliphatic carbocycles. The van der Waals surface area contributed by atoms with E-state index in [0.717, 1.165) is 15.3 Å². The quantitative estimate of drug-likeness (QED) is 0.342. The second-order valence-corrected chi connectivity index (χ2v) is 9.55. The van der Waals surface area contributed by atoms with E-state index in [9.17, 15) is 14.0 Å². The first kappa shape index (κ1) is 22.9. The smallest absolute Gasteiger partial charge is 0.247 e. The van der Waals surface area contributed by atoms with Crippen LogP contribution in [0.25, 0.3) is 0 Å². The molecule has 4 nitrogen and oxygen atoms in total. The van der Waals surface area contributed by atoms with Crippen LogP contribution in [0.5, 0.6) is 0 Å². The highest BCUT2D eigenvalue weighted by atomic mass is 32.1. The topological polar surface area (TPSA) is 49.4 Å². The molecule has 168 valence electrons. The molecular formula is C26H23FN2O2S2. The standard InChI is InChI=1S/C26H23FN2O2S2/c27-23-13-5-4-12-22(23)25(26(31)28-17-19-8-2-1-3-9-19)29(18-21-11-7-15-33-21)24(30)16-20-10-6-14-32-20/h1-15,25H,16-18H2,(H,28,31)/t25-/m0/s1. The summed E-state index contributed by atoms with van der Waals surface area (Å²) in [5.74, 6) is -1.16. The first-order valence-electron chi connectivity index (χ1n) is 10.5. The molecule has 0 fully saturated rings. The van der Waals surface area contributed by atoms with E-state index in [1.807, 2.05) is 65.4 Å². The molecule has 0 bridgehead atoms. The van der Waals surface area contributed by atoms with Crippen LogP contribution in [0.4, 0.5) is 4.39 Å². The fourth-order valence-electron chi connectivity index (χ4n) is 3.59. The number of nitrogens with zero attached hydrogens (tertiary/aromatic N) is 1. The van der Waals surface area contributed by atoms with Crippen molar-refractivity contribution in [2.24, 2.45) is 0 Å². The highest BCUT2D eigenvalue weighted by Gasteiger charge is 2.33. The average molecular weight is 479 g/mol. The van der Waals surface area contributed by atoms with Crippen molar-refractivity contribution in [1.29, 1.82) is 0 Å². The Hall–Kier alpha value is -3.29. The summed E-state index contributed by atoms with van der Waals surface area (Å²) in [5.41, 5.74) is 1.10. The van der Waals surface area contributed by atoms with Gasteiger partial charge in [-0.25, -0.2) is 4.39 Å². The number of benzene rings is 2. The van der Waals surface area contributed by atoms with Gasteiger partial charge >= 0.3 is 0 Å². The maximum absolute atomic E-state index is 14.9. The average Bonchev–Trinajstić information content (AvgIpc) is 3.53. The van der Waals surface area contributed by atoms with Gasteiger partial charge in [0.25, 0.3) is 0 Å². The minimum atomic E-state index is -1.09. The zero-order valence-electron chi connectivity index (χ0n) is 17.8. The van der Waals surface area contributed by atoms with Crippen molar-refractivity contribution in [3.63, 3.8) is 0 Å². The summed E-state index contributed by atoms with van der Waals surface area (Å²) in [6.07, 6.45) is 0.153. The number of hydrogen-bond acceptors (Lipinski definition) is 4. The van der Waals surface area contributed by atoms with Crippen LogP contribution < -0.4 is 5.32 Å². The summed E-state index contributed by atoms with van der Waals surface area (Å²) in [7, 11) is 0. The van der Waals surface area contributed by atoms with E-state index in [-0.39, 0.29) is 31.0 Å². The van der Waals surface area contributed by atoms with E-state index in [1.165, 1.54) is 33.6 Å². The lowest BCUT2D eigenvalue weighted by Crippen LogP contribution is -2.44. The number of thiophene rings is 2. The molecule has 7 heteroatoms. The van der Waals surface area contributed by atoms with Crippen molar-refractivity contribution in [3.05, 3.63) is 116 Å². The minimum absolute atomic E-state index is 0.153. The third-order valence-corrected chi connectivity index (χ3v) is 6.94. The number of carbonyl (C=O) groups is 2. The Morgan fingerprint density at radius 1 is 0.848 bits per heavy atom. The number of nitrogens with one attached hydrogen (secondary N) is 1. The fourth-order valence-corrected chi connectivity index (χ4v) is 4.99. The zero-order valence-corrected chi connectivity index (χ0v) is 19.5. The fraction of sp³-hybridized carbons (Fsp3) is 0.154. The van der Waals surface area contributed by atoms with Gasteiger partial charge in [-0.1, -0.05) is 60.7 Å². The van der Waals surface area contributed by atoms with Crippen molar-refractivity contribution in [2.75, 3.05) is 0 Å². The molecule has 0 saturated carbocycles. The second-order valence-electron chi connectivity index (χ2n) is 7.48. The number of rotatable bonds is 9. The van der Waals surface area contributed by atoms with Gasteiger partial charge in [0, 0.05) is 21.9 Å². The molecule has 0 radical (unpaired) electrons. The van der Waals surface area contributed by atoms with Crippen molar-refractivity contribution in [3.8, 4) is 0 Å². The van der Waals surface area contributed by atoms with E-state index in [0.29, 0.717) is 0 Å². The summed E-state index contributed by atoms with van der Waals surface area (Å²) in [6.45, 7) is 0.510. The molecule has 0 aliphatic heterocycles. The number of hydrogen-bond donors (Lipinski definition) is 1. The molecule has 1 N–H and O–H groups in total. The zero-order chi connectivity index (χ0) is 23.0. The van der Waals surface area contributed by atoms with Gasteiger partial charge in [0.15, 0.2) is 0 Å². The van der Waals surface area contributed by atoms with E-state index < -0.39 is 17.8 Å². The molecular weight excluding hydrogens is 455 g/mol. The van der Waals surface area contributed by atoms with Crippen LogP contribution in [-0.2, 0) is 29.1 Å². The molecule has 2 aromatic carbocycles. The number of halogens is 1. The summed E-state index contributed by atoms with van der Waals surface area (Å²) >= 11 is 2.98. The van der Waals surface area contributed by atoms with Gasteiger partial charge in [-0.15, -0.1) is 22.7 Å². The molecule has 0 unspecified atom stereocenters. The van der Waals surface area contributed by atoms with Crippen molar-refractivity contribution in [1.82, 2.24) is 10.2 Å². The van der Waals surface area contributed by atoms with Gasteiger partial charge < -0.3 is 10.2 Å². The molecule has 2 aromatic heterocycles. The van der Waals surface area contributed by atoms with E-state index in [1.54, 1.807) is 18.2 Å². The van der Waals surface area contributed by atoms with Crippen molar-refractivity contribution < 1.29 is 14.0 Å². The summed E-state index contributed by atoms with van der Waals surface area (Å²) in [5, 5.41) is 6.74. The Balaban J connectivity index is 1.67. The third-order valence-electron chi connectivity index (χ3n) is 5.20. The Labute approximate surface area is 200 Å². The van der Waals surface area contributed by atoms with Gasteiger partial charge in [-0.05, 0) is 34.5 Å². The van der Waals surface area contributed by atoms with Crippen molar-refractivity contribution >= 4 is 34.5 Å². The molecule has 0 spiro atoms. The van der Waals surface area contributed by atoms with Gasteiger partial charge in [-0.3, -0.25) is 9.59 Å². The summed E-state index contributed by atoms with van der Waals surface area (Å²) in [4.78, 5) is 30.3. The van der Waals surface area contributed by atoms with Crippen LogP contribution in [0.3, 0.4) is 0 Å². The van der Waals surface area contributed by atoms with Crippen LogP contribution in [0.15, 0.2) is 89.6 Å². The van der Waals surface area contributed by atoms with E-state index in [2.05, 4.69) is 5.32 Å². The van der Waals surface area contributed by atoms with Crippen LogP contribution in [0.2, 0.25) is 0 Å². The SMILES string of the molecule is O=C(NCc1ccccc1)[C@H](c1ccccc1F)N(Cc1cccs1)C(=O)Cc1cccs1. The number of amides is 2. The Morgan fingerprint density at radius 2 is 1.52 bits per heavy atom. The van der Waals surface area contributed by atoms with Gasteiger partial charge in [0.05, 0.1) is 13.0 Å². The first-order chi connectivity index (χ1) is 16.1. The molecule has 2 amide bonds. The molecule has 0 aliphatic rings. The van der Waals surface area contributed by atoms with Crippen LogP contribution >= 0.6 is 22.7 Å². The summed E-state index contributed by atoms with van der Waals surface area (Å²) < 4.78 is 14.9. The third kappa shape index (κ3) is 5.94. The Bertz CT molecular complexity index is 1180. The first-order valence-corrected chi connectivity index (χ1v) is 12.3. The Morgan fingerprint density at radius 3 is 2.18 bits per heavy atom. The van der Waals surface area contributed by atoms with Gasteiger partial charge in [0.2, 0.25) is 11.8 Å². The van der Waals surface area contributed by atoms with Crippen molar-refractivity contribution in [2.45, 2.75) is 25.6 Å². The van der Waals surface area contributed by atoms with Crippen LogP contribution in [-0.4, -0.2) is 16.7 Å². The highest BCUT2D eigenvalue weighted by molar-refractivity contribution is 7.10. The minimum Gasteiger partial charge on any atom is -0.350 e. The molecule has 2 heterocycles. The molecule has 1 atom stereocenters. The predicted molar refractivity (Wildman–Crippen MR) is 130 cm³/mol. The maximum atomic E-state index is 14.9. The van der Waals surface area contributed by atoms with Crippen LogP contribution in [0, 0.1) is 5.82 Å². The largest absolute Gasteiger partial charge is 0.350 e. The van der Waals surface area contributed by atoms with Gasteiger partial charge in [0.1, 0.15) is 11.9 Å². The monoisotopic (exact) mass is 478 g/mol. The van der Waals surface area contributed by atoms with Gasteiger partial charge in [-0.2, -0.15) is 0 Å². The lowest BCUT2D eigenvalue weighted by molar-refractivity contribution is -0.141. The van der Waals surface area contributed by atoms with Crippen LogP contribution in [0.1, 0.15) is 26.9 Å². The molecule has 33 heavy (non-hydrogen) atoms. The number of carbonyl (C=O) groups excluding carboxylic acids is 2. The summed E-state index contributed by atoms with van der Waals surface area (Å²) in [6, 6.07) is 22.1. The lowest BCUT2D eigenvalue weighted by Gasteiger charge is -2.31. The van der Waals surface area contributed by atoms with E-state index in [4.69, 9.17) is 0 Å².